The van der Waals surface area contributed by atoms with Crippen LogP contribution in [0, 0.1) is 0 Å². The minimum Gasteiger partial charge on any atom is -0.444 e. The molecule has 0 aliphatic carbocycles. The Bertz CT molecular complexity index is 718. The Hall–Kier alpha value is -1.81. The van der Waals surface area contributed by atoms with Crippen molar-refractivity contribution in [2.45, 2.75) is 72.2 Å². The molecule has 1 amide bonds. The van der Waals surface area contributed by atoms with Gasteiger partial charge in [-0.1, -0.05) is 39.0 Å². The standard InChI is InChI=1S/C22H35NO3Si/c1-17(16-25-27(8,9)22(5,6)7)14-15-18-12-10-11-13-19(18)23-20(24)26-21(2,3)4/h10-13,15H,16H2,1-9H3,(H,23,24). The SMILES string of the molecule is CC(=C=Cc1ccccc1NC(=O)OC(C)(C)C)CO[Si](C)(C)C(C)(C)C. The fraction of sp³-hybridized carbons (Fsp3) is 0.545. The number of ether oxygens (including phenoxy) is 1. The first-order valence-corrected chi connectivity index (χ1v) is 12.3. The molecule has 0 radical (unpaired) electrons. The van der Waals surface area contributed by atoms with Crippen molar-refractivity contribution in [2.24, 2.45) is 0 Å². The van der Waals surface area contributed by atoms with Crippen LogP contribution in [-0.4, -0.2) is 26.6 Å². The van der Waals surface area contributed by atoms with Crippen molar-refractivity contribution in [3.05, 3.63) is 41.1 Å². The van der Waals surface area contributed by atoms with Gasteiger partial charge in [0.25, 0.3) is 0 Å². The molecule has 5 heteroatoms. The number of carbonyl (C=O) groups is 1. The van der Waals surface area contributed by atoms with Crippen LogP contribution in [0.3, 0.4) is 0 Å². The number of para-hydroxylation sites is 1. The zero-order valence-electron chi connectivity index (χ0n) is 18.3. The topological polar surface area (TPSA) is 47.6 Å². The number of carbonyl (C=O) groups excluding carboxylic acids is 1. The van der Waals surface area contributed by atoms with E-state index in [2.05, 4.69) is 44.9 Å². The molecule has 0 unspecified atom stereocenters. The average molecular weight is 390 g/mol. The highest BCUT2D eigenvalue weighted by atomic mass is 28.4. The van der Waals surface area contributed by atoms with Crippen molar-refractivity contribution < 1.29 is 14.0 Å². The van der Waals surface area contributed by atoms with Crippen molar-refractivity contribution in [3.8, 4) is 0 Å². The third kappa shape index (κ3) is 8.16. The minimum absolute atomic E-state index is 0.181. The summed E-state index contributed by atoms with van der Waals surface area (Å²) in [5.74, 6) is 0. The highest BCUT2D eigenvalue weighted by Gasteiger charge is 2.36. The maximum absolute atomic E-state index is 12.0. The molecule has 0 aliphatic heterocycles. The lowest BCUT2D eigenvalue weighted by molar-refractivity contribution is 0.0636. The van der Waals surface area contributed by atoms with E-state index in [0.717, 1.165) is 11.1 Å². The number of hydrogen-bond acceptors (Lipinski definition) is 3. The van der Waals surface area contributed by atoms with Crippen LogP contribution in [0.2, 0.25) is 18.1 Å². The molecule has 1 aromatic carbocycles. The molecule has 1 aromatic rings. The van der Waals surface area contributed by atoms with Gasteiger partial charge in [0.1, 0.15) is 5.60 Å². The van der Waals surface area contributed by atoms with Crippen LogP contribution in [-0.2, 0) is 9.16 Å². The molecule has 0 saturated carbocycles. The number of rotatable bonds is 5. The maximum Gasteiger partial charge on any atom is 0.412 e. The molecule has 0 heterocycles. The quantitative estimate of drug-likeness (QED) is 0.455. The van der Waals surface area contributed by atoms with Gasteiger partial charge >= 0.3 is 6.09 Å². The Kier molecular flexibility index (Phi) is 7.67. The van der Waals surface area contributed by atoms with E-state index in [9.17, 15) is 4.79 Å². The van der Waals surface area contributed by atoms with Crippen LogP contribution in [0.5, 0.6) is 0 Å². The maximum atomic E-state index is 12.0. The predicted octanol–water partition coefficient (Wildman–Crippen LogP) is 6.61. The minimum atomic E-state index is -1.78. The first-order chi connectivity index (χ1) is 12.2. The van der Waals surface area contributed by atoms with Gasteiger partial charge in [-0.05, 0) is 63.5 Å². The smallest absolute Gasteiger partial charge is 0.412 e. The van der Waals surface area contributed by atoms with Crippen LogP contribution in [0.1, 0.15) is 54.0 Å². The second-order valence-corrected chi connectivity index (χ2v) is 14.1. The summed E-state index contributed by atoms with van der Waals surface area (Å²) in [5, 5.41) is 2.98. The van der Waals surface area contributed by atoms with Crippen LogP contribution in [0.15, 0.2) is 35.6 Å². The number of anilines is 1. The monoisotopic (exact) mass is 389 g/mol. The average Bonchev–Trinajstić information content (AvgIpc) is 2.49. The van der Waals surface area contributed by atoms with Gasteiger partial charge in [-0.15, -0.1) is 5.73 Å². The van der Waals surface area contributed by atoms with Crippen molar-refractivity contribution in [2.75, 3.05) is 11.9 Å². The van der Waals surface area contributed by atoms with E-state index in [-0.39, 0.29) is 5.04 Å². The second kappa shape index (κ2) is 8.92. The summed E-state index contributed by atoms with van der Waals surface area (Å²) < 4.78 is 11.5. The third-order valence-corrected chi connectivity index (χ3v) is 9.00. The van der Waals surface area contributed by atoms with E-state index in [1.165, 1.54) is 0 Å². The molecular weight excluding hydrogens is 354 g/mol. The zero-order valence-corrected chi connectivity index (χ0v) is 19.3. The van der Waals surface area contributed by atoms with Crippen molar-refractivity contribution in [1.29, 1.82) is 0 Å². The van der Waals surface area contributed by atoms with E-state index in [0.29, 0.717) is 12.3 Å². The summed E-state index contributed by atoms with van der Waals surface area (Å²) in [6, 6.07) is 7.58. The molecule has 1 N–H and O–H groups in total. The summed E-state index contributed by atoms with van der Waals surface area (Å²) >= 11 is 0. The molecule has 0 saturated heterocycles. The summed E-state index contributed by atoms with van der Waals surface area (Å²) in [4.78, 5) is 12.0. The van der Waals surface area contributed by atoms with Gasteiger partial charge in [0.05, 0.1) is 12.3 Å². The fourth-order valence-electron chi connectivity index (χ4n) is 1.90. The first kappa shape index (κ1) is 23.2. The molecule has 27 heavy (non-hydrogen) atoms. The van der Waals surface area contributed by atoms with E-state index < -0.39 is 20.0 Å². The molecule has 0 spiro atoms. The highest BCUT2D eigenvalue weighted by molar-refractivity contribution is 6.74. The zero-order chi connectivity index (χ0) is 20.9. The molecule has 0 aromatic heterocycles. The van der Waals surface area contributed by atoms with Crippen molar-refractivity contribution in [1.82, 2.24) is 0 Å². The highest BCUT2D eigenvalue weighted by Crippen LogP contribution is 2.36. The van der Waals surface area contributed by atoms with Crippen LogP contribution < -0.4 is 5.32 Å². The van der Waals surface area contributed by atoms with E-state index >= 15 is 0 Å². The molecule has 4 nitrogen and oxygen atoms in total. The Labute approximate surface area is 165 Å². The number of amides is 1. The van der Waals surface area contributed by atoms with Crippen LogP contribution in [0.4, 0.5) is 10.5 Å². The van der Waals surface area contributed by atoms with Gasteiger partial charge < -0.3 is 9.16 Å². The Morgan fingerprint density at radius 3 is 2.30 bits per heavy atom. The van der Waals surface area contributed by atoms with Gasteiger partial charge in [0.15, 0.2) is 8.32 Å². The van der Waals surface area contributed by atoms with Gasteiger partial charge in [0, 0.05) is 5.56 Å². The second-order valence-electron chi connectivity index (χ2n) is 9.33. The summed E-state index contributed by atoms with van der Waals surface area (Å²) in [7, 11) is -1.78. The molecule has 0 aliphatic rings. The predicted molar refractivity (Wildman–Crippen MR) is 117 cm³/mol. The lowest BCUT2D eigenvalue weighted by Gasteiger charge is -2.36. The molecule has 150 valence electrons. The number of hydrogen-bond donors (Lipinski definition) is 1. The van der Waals surface area contributed by atoms with Crippen molar-refractivity contribution >= 4 is 26.2 Å². The molecule has 0 atom stereocenters. The molecule has 0 bridgehead atoms. The van der Waals surface area contributed by atoms with E-state index in [1.807, 2.05) is 58.0 Å². The summed E-state index contributed by atoms with van der Waals surface area (Å²) in [6.07, 6.45) is 1.40. The van der Waals surface area contributed by atoms with Gasteiger partial charge in [0.2, 0.25) is 0 Å². The normalized spacial score (nSPS) is 12.2. The molecular formula is C22H35NO3Si. The fourth-order valence-corrected chi connectivity index (χ4v) is 2.91. The van der Waals surface area contributed by atoms with E-state index in [4.69, 9.17) is 9.16 Å². The van der Waals surface area contributed by atoms with Crippen LogP contribution >= 0.6 is 0 Å². The van der Waals surface area contributed by atoms with Gasteiger partial charge in [-0.25, -0.2) is 4.79 Å². The van der Waals surface area contributed by atoms with Gasteiger partial charge in [-0.2, -0.15) is 0 Å². The summed E-state index contributed by atoms with van der Waals surface area (Å²) in [5.41, 5.74) is 5.33. The largest absolute Gasteiger partial charge is 0.444 e. The molecule has 1 rings (SSSR count). The summed E-state index contributed by atoms with van der Waals surface area (Å²) in [6.45, 7) is 19.3. The Morgan fingerprint density at radius 1 is 1.15 bits per heavy atom. The third-order valence-electron chi connectivity index (χ3n) is 4.53. The number of nitrogens with one attached hydrogen (secondary N) is 1. The van der Waals surface area contributed by atoms with Crippen molar-refractivity contribution in [3.63, 3.8) is 0 Å². The number of benzene rings is 1. The first-order valence-electron chi connectivity index (χ1n) is 9.36. The lowest BCUT2D eigenvalue weighted by Crippen LogP contribution is -2.41. The van der Waals surface area contributed by atoms with Gasteiger partial charge in [-0.3, -0.25) is 5.32 Å². The Morgan fingerprint density at radius 2 is 1.74 bits per heavy atom. The molecule has 0 fully saturated rings. The Balaban J connectivity index is 2.89. The van der Waals surface area contributed by atoms with E-state index in [1.54, 1.807) is 0 Å². The van der Waals surface area contributed by atoms with Crippen LogP contribution in [0.25, 0.3) is 6.08 Å². The lowest BCUT2D eigenvalue weighted by atomic mass is 10.1.